The lowest BCUT2D eigenvalue weighted by Crippen LogP contribution is -3.07. The summed E-state index contributed by atoms with van der Waals surface area (Å²) in [5, 5.41) is 13.0. The molecule has 2 aromatic carbocycles. The zero-order chi connectivity index (χ0) is 29.4. The smallest absolute Gasteiger partial charge is 0.259 e. The molecule has 6 aliphatic carbocycles. The third-order valence-electron chi connectivity index (χ3n) is 13.8. The van der Waals surface area contributed by atoms with Gasteiger partial charge in [-0.05, 0) is 92.2 Å². The summed E-state index contributed by atoms with van der Waals surface area (Å²) in [7, 11) is 0. The van der Waals surface area contributed by atoms with Gasteiger partial charge in [0, 0.05) is 47.0 Å². The predicted octanol–water partition coefficient (Wildman–Crippen LogP) is 4.24. The van der Waals surface area contributed by atoms with E-state index in [4.69, 9.17) is 5.10 Å². The van der Waals surface area contributed by atoms with Crippen LogP contribution in [-0.2, 0) is 15.1 Å². The van der Waals surface area contributed by atoms with Crippen molar-refractivity contribution >= 4 is 45.6 Å². The molecule has 2 saturated heterocycles. The van der Waals surface area contributed by atoms with Gasteiger partial charge in [-0.1, -0.05) is 18.7 Å². The average Bonchev–Trinajstić information content (AvgIpc) is 3.63. The number of rotatable bonds is 5. The Morgan fingerprint density at radius 2 is 1.80 bits per heavy atom. The van der Waals surface area contributed by atoms with Crippen molar-refractivity contribution in [3.63, 3.8) is 0 Å². The summed E-state index contributed by atoms with van der Waals surface area (Å²) >= 11 is 0. The summed E-state index contributed by atoms with van der Waals surface area (Å²) in [4.78, 5) is 43.9. The number of hydrogen-bond donors (Lipinski definition) is 2. The molecule has 1 aromatic heterocycles. The van der Waals surface area contributed by atoms with Gasteiger partial charge in [0.2, 0.25) is 11.8 Å². The van der Waals surface area contributed by atoms with Crippen LogP contribution in [0.15, 0.2) is 55.0 Å². The Morgan fingerprint density at radius 1 is 1.05 bits per heavy atom. The van der Waals surface area contributed by atoms with Gasteiger partial charge in [-0.15, -0.1) is 0 Å². The Hall–Kier alpha value is -4.14. The Morgan fingerprint density at radius 3 is 2.52 bits per heavy atom. The Labute approximate surface area is 254 Å². The maximum atomic E-state index is 13.7. The topological polar surface area (TPSA) is 99.6 Å². The lowest BCUT2D eigenvalue weighted by atomic mass is 8.96. The maximum Gasteiger partial charge on any atom is 0.259 e. The number of amides is 3. The van der Waals surface area contributed by atoms with Gasteiger partial charge >= 0.3 is 0 Å². The highest BCUT2D eigenvalue weighted by molar-refractivity contribution is 6.28. The van der Waals surface area contributed by atoms with Gasteiger partial charge in [0.15, 0.2) is 0 Å². The monoisotopic (exact) mass is 586 g/mol. The lowest BCUT2D eigenvalue weighted by Gasteiger charge is -3.06. The number of hydrogen-bond acceptors (Lipinski definition) is 5. The van der Waals surface area contributed by atoms with Crippen LogP contribution in [0.3, 0.4) is 0 Å². The molecule has 3 aliphatic heterocycles. The van der Waals surface area contributed by atoms with Gasteiger partial charge < -0.3 is 15.5 Å². The highest BCUT2D eigenvalue weighted by atomic mass is 16.2. The van der Waals surface area contributed by atoms with E-state index in [-0.39, 0.29) is 22.8 Å². The van der Waals surface area contributed by atoms with Crippen molar-refractivity contribution in [2.24, 2.45) is 46.8 Å². The van der Waals surface area contributed by atoms with Crippen LogP contribution < -0.4 is 15.5 Å². The molecule has 3 aromatic rings. The number of nitrogens with one attached hydrogen (secondary N) is 2. The molecule has 0 bridgehead atoms. The van der Waals surface area contributed by atoms with Crippen LogP contribution in [0.1, 0.15) is 43.0 Å². The number of allylic oxidation sites excluding steroid dienone is 1. The number of anilines is 3. The van der Waals surface area contributed by atoms with E-state index < -0.39 is 6.04 Å². The van der Waals surface area contributed by atoms with Crippen LogP contribution >= 0.6 is 0 Å². The predicted molar refractivity (Wildman–Crippen MR) is 163 cm³/mol. The molecule has 0 radical (unpaired) electrons. The Kier molecular flexibility index (Phi) is 4.06. The first kappa shape index (κ1) is 24.2. The van der Waals surface area contributed by atoms with E-state index in [9.17, 15) is 14.4 Å². The molecular formula is C35H34N6O3. The van der Waals surface area contributed by atoms with Gasteiger partial charge in [-0.3, -0.25) is 24.0 Å². The second kappa shape index (κ2) is 7.38. The number of piperidine rings is 2. The summed E-state index contributed by atoms with van der Waals surface area (Å²) in [5.74, 6) is 6.27. The molecule has 3 amide bonds. The molecule has 8 fully saturated rings. The molecular weight excluding hydrogens is 552 g/mol. The maximum absolute atomic E-state index is 13.7. The standard InChI is InChI=1S/C35H34N6O3/c1-16-6-8-22(31(42)37-16)41-21-9-7-20(18-4-3-5-19(23(18)21)32(41)43)38-17-14-36-40(15-17)34(2)10-12-39(13-11-34)33(44)35-28-25-24-26(28)30(35)27(24)29(25)35/h3-5,7,9,14-15,22,24-30,38H,1,6,8,10-13H2,2H3,(H,37,42). The molecule has 2 N–H and O–H groups in total. The van der Waals surface area contributed by atoms with Gasteiger partial charge in [-0.25, -0.2) is 0 Å². The van der Waals surface area contributed by atoms with Crippen molar-refractivity contribution in [3.05, 3.63) is 60.6 Å². The Bertz CT molecular complexity index is 1870. The molecule has 9 aliphatic rings. The number of carbonyl (C=O) groups is 3. The molecule has 12 rings (SSSR count). The second-order valence-corrected chi connectivity index (χ2v) is 15.1. The van der Waals surface area contributed by atoms with E-state index in [2.05, 4.69) is 39.9 Å². The van der Waals surface area contributed by atoms with Crippen molar-refractivity contribution < 1.29 is 14.4 Å². The third kappa shape index (κ3) is 2.38. The SMILES string of the molecule is C=C1CCC(N2C(=O)c3cccc4c(Nc5cnn(C6(C)CCN(C(=O)C78C9C%10C%11C9C7C%11C%108)CC6)c5)ccc2c34)C(=O)N1. The van der Waals surface area contributed by atoms with Crippen LogP contribution in [0.25, 0.3) is 10.8 Å². The van der Waals surface area contributed by atoms with E-state index in [0.717, 1.165) is 95.2 Å². The van der Waals surface area contributed by atoms with Crippen molar-refractivity contribution in [1.82, 2.24) is 20.0 Å². The summed E-state index contributed by atoms with van der Waals surface area (Å²) in [5.41, 5.74) is 3.79. The number of aromatic nitrogens is 2. The minimum atomic E-state index is -0.552. The van der Waals surface area contributed by atoms with Gasteiger partial charge in [0.05, 0.1) is 28.5 Å². The fourth-order valence-electron chi connectivity index (χ4n) is 11.8. The summed E-state index contributed by atoms with van der Waals surface area (Å²) in [6.45, 7) is 7.75. The zero-order valence-electron chi connectivity index (χ0n) is 24.6. The first-order chi connectivity index (χ1) is 21.3. The van der Waals surface area contributed by atoms with Crippen molar-refractivity contribution in [1.29, 1.82) is 0 Å². The molecule has 6 saturated carbocycles. The first-order valence-electron chi connectivity index (χ1n) is 16.3. The largest absolute Gasteiger partial charge is 0.352 e. The molecule has 4 heterocycles. The van der Waals surface area contributed by atoms with E-state index in [1.54, 1.807) is 4.90 Å². The normalized spacial score (nSPS) is 39.1. The van der Waals surface area contributed by atoms with E-state index in [1.807, 2.05) is 36.5 Å². The van der Waals surface area contributed by atoms with Crippen LogP contribution in [-0.4, -0.2) is 51.5 Å². The zero-order valence-corrected chi connectivity index (χ0v) is 24.6. The molecule has 1 unspecified atom stereocenters. The Balaban J connectivity index is 0.825. The van der Waals surface area contributed by atoms with Crippen LogP contribution in [0, 0.1) is 46.8 Å². The minimum Gasteiger partial charge on any atom is -0.352 e. The molecule has 44 heavy (non-hydrogen) atoms. The summed E-state index contributed by atoms with van der Waals surface area (Å²) < 4.78 is 2.07. The fourth-order valence-corrected chi connectivity index (χ4v) is 11.8. The molecule has 1 atom stereocenters. The van der Waals surface area contributed by atoms with Gasteiger partial charge in [0.25, 0.3) is 5.91 Å². The van der Waals surface area contributed by atoms with Crippen molar-refractivity contribution in [3.8, 4) is 0 Å². The van der Waals surface area contributed by atoms with Crippen molar-refractivity contribution in [2.75, 3.05) is 23.3 Å². The quantitative estimate of drug-likeness (QED) is 0.466. The van der Waals surface area contributed by atoms with Crippen LogP contribution in [0.5, 0.6) is 0 Å². The molecule has 0 spiro atoms. The van der Waals surface area contributed by atoms with E-state index in [1.165, 1.54) is 0 Å². The van der Waals surface area contributed by atoms with Crippen LogP contribution in [0.4, 0.5) is 17.1 Å². The fraction of sp³-hybridized carbons (Fsp3) is 0.486. The number of likely N-dealkylation sites (tertiary alicyclic amines) is 1. The van der Waals surface area contributed by atoms with E-state index >= 15 is 0 Å². The first-order valence-corrected chi connectivity index (χ1v) is 16.3. The summed E-state index contributed by atoms with van der Waals surface area (Å²) in [6.07, 6.45) is 6.93. The van der Waals surface area contributed by atoms with Crippen LogP contribution in [0.2, 0.25) is 0 Å². The lowest BCUT2D eigenvalue weighted by molar-refractivity contribution is -0.597. The van der Waals surface area contributed by atoms with Crippen molar-refractivity contribution in [2.45, 2.75) is 44.2 Å². The van der Waals surface area contributed by atoms with E-state index in [0.29, 0.717) is 30.0 Å². The van der Waals surface area contributed by atoms with Gasteiger partial charge in [-0.2, -0.15) is 5.10 Å². The molecule has 9 nitrogen and oxygen atoms in total. The number of carbonyl (C=O) groups excluding carboxylic acids is 3. The highest BCUT2D eigenvalue weighted by Gasteiger charge is 3.06. The van der Waals surface area contributed by atoms with Gasteiger partial charge in [0.1, 0.15) is 6.04 Å². The number of nitrogens with zero attached hydrogens (tertiary/aromatic N) is 4. The number of benzene rings is 2. The highest BCUT2D eigenvalue weighted by Crippen LogP contribution is 3.06. The third-order valence-corrected chi connectivity index (χ3v) is 13.8. The molecule has 222 valence electrons. The second-order valence-electron chi connectivity index (χ2n) is 15.1. The minimum absolute atomic E-state index is 0.0878. The average molecular weight is 587 g/mol. The summed E-state index contributed by atoms with van der Waals surface area (Å²) in [6, 6.07) is 9.14. The molecule has 9 heteroatoms.